The minimum Gasteiger partial charge on any atom is -0.383 e. The molecule has 0 aliphatic carbocycles. The van der Waals surface area contributed by atoms with Gasteiger partial charge in [-0.15, -0.1) is 0 Å². The van der Waals surface area contributed by atoms with E-state index in [1.807, 2.05) is 30.3 Å². The highest BCUT2D eigenvalue weighted by Gasteiger charge is 2.24. The first-order valence-corrected chi connectivity index (χ1v) is 8.44. The molecule has 2 atom stereocenters. The Labute approximate surface area is 140 Å². The summed E-state index contributed by atoms with van der Waals surface area (Å²) in [6.07, 6.45) is 1.74. The first kappa shape index (κ1) is 16.3. The van der Waals surface area contributed by atoms with Gasteiger partial charge in [-0.3, -0.25) is 0 Å². The predicted octanol–water partition coefficient (Wildman–Crippen LogP) is 0.471. The number of ether oxygens (including phenoxy) is 1. The van der Waals surface area contributed by atoms with E-state index in [9.17, 15) is 9.00 Å². The Balaban J connectivity index is 2.00. The summed E-state index contributed by atoms with van der Waals surface area (Å²) in [7, 11) is -0.148. The standard InChI is InChI=1S/C15H17N5O3S/c1-23-8-11(7-10-5-3-2-4-6-10)24(22)20-14-12(19-15(20)21)13(16)17-9-18-14/h2-6,9,11H,7-8H2,1H3,(H,19,21)(H2,16,17,18). The summed E-state index contributed by atoms with van der Waals surface area (Å²) in [5.74, 6) is 0.138. The molecule has 3 rings (SSSR count). The van der Waals surface area contributed by atoms with Gasteiger partial charge in [-0.2, -0.15) is 3.97 Å². The summed E-state index contributed by atoms with van der Waals surface area (Å²) in [5, 5.41) is -0.412. The number of nitrogens with one attached hydrogen (secondary N) is 1. The van der Waals surface area contributed by atoms with Crippen molar-refractivity contribution in [3.63, 3.8) is 0 Å². The van der Waals surface area contributed by atoms with Crippen molar-refractivity contribution in [1.29, 1.82) is 0 Å². The van der Waals surface area contributed by atoms with Gasteiger partial charge in [0.1, 0.15) is 22.8 Å². The van der Waals surface area contributed by atoms with Crippen molar-refractivity contribution < 1.29 is 8.95 Å². The van der Waals surface area contributed by atoms with Crippen molar-refractivity contribution in [2.45, 2.75) is 11.7 Å². The number of nitrogens with two attached hydrogens (primary N) is 1. The molecule has 0 saturated carbocycles. The quantitative estimate of drug-likeness (QED) is 0.670. The van der Waals surface area contributed by atoms with Crippen LogP contribution in [0.4, 0.5) is 5.82 Å². The summed E-state index contributed by atoms with van der Waals surface area (Å²) in [6.45, 7) is 0.237. The van der Waals surface area contributed by atoms with Crippen LogP contribution in [0.2, 0.25) is 0 Å². The lowest BCUT2D eigenvalue weighted by atomic mass is 10.1. The van der Waals surface area contributed by atoms with E-state index in [1.165, 1.54) is 13.4 Å². The van der Waals surface area contributed by atoms with Gasteiger partial charge >= 0.3 is 5.69 Å². The average Bonchev–Trinajstić information content (AvgIpc) is 2.92. The number of rotatable bonds is 6. The molecule has 2 heterocycles. The molecule has 24 heavy (non-hydrogen) atoms. The van der Waals surface area contributed by atoms with Crippen LogP contribution >= 0.6 is 0 Å². The molecule has 1 aromatic carbocycles. The number of fused-ring (bicyclic) bond motifs is 1. The third-order valence-electron chi connectivity index (χ3n) is 3.59. The minimum atomic E-state index is -1.68. The third kappa shape index (κ3) is 3.08. The molecular formula is C15H17N5O3S. The van der Waals surface area contributed by atoms with Gasteiger partial charge in [-0.25, -0.2) is 19.0 Å². The van der Waals surface area contributed by atoms with E-state index < -0.39 is 21.9 Å². The highest BCUT2D eigenvalue weighted by molar-refractivity contribution is 7.84. The Bertz CT molecular complexity index is 922. The average molecular weight is 347 g/mol. The maximum absolute atomic E-state index is 13.0. The van der Waals surface area contributed by atoms with E-state index in [0.29, 0.717) is 6.42 Å². The van der Waals surface area contributed by atoms with Gasteiger partial charge in [-0.1, -0.05) is 30.3 Å². The van der Waals surface area contributed by atoms with Crippen molar-refractivity contribution >= 4 is 28.0 Å². The van der Waals surface area contributed by atoms with Gasteiger partial charge in [-0.05, 0) is 12.0 Å². The molecule has 3 aromatic rings. The highest BCUT2D eigenvalue weighted by Crippen LogP contribution is 2.16. The van der Waals surface area contributed by atoms with Crippen LogP contribution in [0.3, 0.4) is 0 Å². The Morgan fingerprint density at radius 3 is 2.79 bits per heavy atom. The Hall–Kier alpha value is -2.52. The monoisotopic (exact) mass is 347 g/mol. The zero-order chi connectivity index (χ0) is 17.1. The van der Waals surface area contributed by atoms with Gasteiger partial charge < -0.3 is 15.5 Å². The second-order valence-electron chi connectivity index (χ2n) is 5.23. The van der Waals surface area contributed by atoms with Crippen molar-refractivity contribution in [1.82, 2.24) is 18.9 Å². The summed E-state index contributed by atoms with van der Waals surface area (Å²) >= 11 is 0. The van der Waals surface area contributed by atoms with Crippen molar-refractivity contribution in [3.05, 3.63) is 52.7 Å². The lowest BCUT2D eigenvalue weighted by molar-refractivity contribution is 0.198. The Morgan fingerprint density at radius 2 is 2.08 bits per heavy atom. The molecule has 126 valence electrons. The second kappa shape index (κ2) is 6.93. The molecule has 2 aromatic heterocycles. The number of nitrogen functional groups attached to an aromatic ring is 1. The molecule has 9 heteroatoms. The zero-order valence-electron chi connectivity index (χ0n) is 13.0. The van der Waals surface area contributed by atoms with Gasteiger partial charge in [0, 0.05) is 7.11 Å². The molecule has 8 nitrogen and oxygen atoms in total. The molecule has 2 unspecified atom stereocenters. The predicted molar refractivity (Wildman–Crippen MR) is 91.9 cm³/mol. The van der Waals surface area contributed by atoms with Crippen LogP contribution in [0.25, 0.3) is 11.2 Å². The Kier molecular flexibility index (Phi) is 4.72. The van der Waals surface area contributed by atoms with Crippen LogP contribution < -0.4 is 11.4 Å². The Morgan fingerprint density at radius 1 is 1.33 bits per heavy atom. The number of hydrogen-bond acceptors (Lipinski definition) is 6. The van der Waals surface area contributed by atoms with Gasteiger partial charge in [0.15, 0.2) is 11.5 Å². The van der Waals surface area contributed by atoms with Crippen molar-refractivity contribution in [3.8, 4) is 0 Å². The number of nitrogens with zero attached hydrogens (tertiary/aromatic N) is 3. The number of H-pyrrole nitrogens is 1. The van der Waals surface area contributed by atoms with Gasteiger partial charge in [0.25, 0.3) is 0 Å². The fourth-order valence-electron chi connectivity index (χ4n) is 2.48. The number of imidazole rings is 1. The lowest BCUT2D eigenvalue weighted by Crippen LogP contribution is -2.33. The molecule has 0 spiro atoms. The lowest BCUT2D eigenvalue weighted by Gasteiger charge is -2.16. The van der Waals surface area contributed by atoms with Crippen molar-refractivity contribution in [2.75, 3.05) is 19.5 Å². The fraction of sp³-hybridized carbons (Fsp3) is 0.267. The van der Waals surface area contributed by atoms with E-state index in [2.05, 4.69) is 15.0 Å². The fourth-order valence-corrected chi connectivity index (χ4v) is 3.89. The van der Waals surface area contributed by atoms with E-state index in [1.54, 1.807) is 0 Å². The number of anilines is 1. The third-order valence-corrected chi connectivity index (χ3v) is 5.16. The number of methoxy groups -OCH3 is 1. The molecule has 0 aliphatic heterocycles. The van der Waals surface area contributed by atoms with Crippen LogP contribution in [0.1, 0.15) is 5.56 Å². The normalized spacial score (nSPS) is 13.9. The van der Waals surface area contributed by atoms with E-state index in [0.717, 1.165) is 9.54 Å². The first-order chi connectivity index (χ1) is 11.6. The first-order valence-electron chi connectivity index (χ1n) is 7.27. The van der Waals surface area contributed by atoms with Crippen LogP contribution in [0, 0.1) is 0 Å². The maximum Gasteiger partial charge on any atom is 0.340 e. The molecule has 0 aliphatic rings. The van der Waals surface area contributed by atoms with E-state index >= 15 is 0 Å². The molecule has 0 amide bonds. The van der Waals surface area contributed by atoms with Gasteiger partial charge in [0.2, 0.25) is 0 Å². The zero-order valence-corrected chi connectivity index (χ0v) is 13.8. The SMILES string of the molecule is COCC(Cc1ccccc1)S(=O)n1c(=O)[nH]c2c(N)ncnc21. The van der Waals surface area contributed by atoms with Crippen LogP contribution in [0.5, 0.6) is 0 Å². The molecular weight excluding hydrogens is 330 g/mol. The summed E-state index contributed by atoms with van der Waals surface area (Å²) in [6, 6.07) is 9.62. The van der Waals surface area contributed by atoms with E-state index in [4.69, 9.17) is 10.5 Å². The molecule has 0 fully saturated rings. The highest BCUT2D eigenvalue weighted by atomic mass is 32.2. The topological polar surface area (TPSA) is 116 Å². The molecule has 0 saturated heterocycles. The summed E-state index contributed by atoms with van der Waals surface area (Å²) in [4.78, 5) is 22.7. The molecule has 0 radical (unpaired) electrons. The minimum absolute atomic E-state index is 0.138. The number of hydrogen-bond donors (Lipinski definition) is 2. The number of aromatic nitrogens is 4. The maximum atomic E-state index is 13.0. The smallest absolute Gasteiger partial charge is 0.340 e. The van der Waals surface area contributed by atoms with Crippen LogP contribution in [0.15, 0.2) is 41.5 Å². The second-order valence-corrected chi connectivity index (χ2v) is 6.81. The number of aromatic amines is 1. The number of benzene rings is 1. The largest absolute Gasteiger partial charge is 0.383 e. The molecule has 0 bridgehead atoms. The summed E-state index contributed by atoms with van der Waals surface area (Å²) < 4.78 is 19.3. The summed E-state index contributed by atoms with van der Waals surface area (Å²) in [5.41, 5.74) is 6.72. The van der Waals surface area contributed by atoms with Crippen LogP contribution in [-0.4, -0.2) is 42.1 Å². The van der Waals surface area contributed by atoms with Gasteiger partial charge in [0.05, 0.1) is 11.9 Å². The van der Waals surface area contributed by atoms with Crippen LogP contribution in [-0.2, 0) is 22.1 Å². The van der Waals surface area contributed by atoms with E-state index in [-0.39, 0.29) is 23.6 Å². The molecule has 3 N–H and O–H groups in total. The van der Waals surface area contributed by atoms with Crippen molar-refractivity contribution in [2.24, 2.45) is 0 Å².